The van der Waals surface area contributed by atoms with Crippen LogP contribution in [0, 0.1) is 13.8 Å². The van der Waals surface area contributed by atoms with Crippen LogP contribution < -0.4 is 31.1 Å². The van der Waals surface area contributed by atoms with E-state index in [0.29, 0.717) is 0 Å². The highest BCUT2D eigenvalue weighted by Gasteiger charge is 2.61. The Bertz CT molecular complexity index is 1490. The van der Waals surface area contributed by atoms with Gasteiger partial charge in [0.15, 0.2) is 15.2 Å². The second kappa shape index (κ2) is 11.1. The van der Waals surface area contributed by atoms with Gasteiger partial charge in [0.25, 0.3) is 0 Å². The Morgan fingerprint density at radius 1 is 0.275 bits per heavy atom. The van der Waals surface area contributed by atoms with Gasteiger partial charge in [-0.3, -0.25) is 0 Å². The van der Waals surface area contributed by atoms with Gasteiger partial charge >= 0.3 is 0 Å². The zero-order chi connectivity index (χ0) is 27.4. The highest BCUT2D eigenvalue weighted by Crippen LogP contribution is 2.23. The van der Waals surface area contributed by atoms with E-state index in [9.17, 15) is 0 Å². The van der Waals surface area contributed by atoms with E-state index in [1.54, 1.807) is 0 Å². The van der Waals surface area contributed by atoms with Crippen molar-refractivity contribution in [1.29, 1.82) is 0 Å². The average Bonchev–Trinajstić information content (AvgIpc) is 3.01. The summed E-state index contributed by atoms with van der Waals surface area (Å²) in [6.07, 6.45) is 0. The van der Waals surface area contributed by atoms with Gasteiger partial charge < -0.3 is 0 Å². The molecule has 0 aliphatic heterocycles. The Kier molecular flexibility index (Phi) is 7.21. The highest BCUT2D eigenvalue weighted by atomic mass is 29.3. The molecule has 0 fully saturated rings. The summed E-state index contributed by atoms with van der Waals surface area (Å²) in [5, 5.41) is 8.73. The van der Waals surface area contributed by atoms with Gasteiger partial charge in [-0.05, 0) is 13.8 Å². The molecule has 0 nitrogen and oxygen atoms in total. The zero-order valence-electron chi connectivity index (χ0n) is 23.2. The third-order valence-corrected chi connectivity index (χ3v) is 25.1. The van der Waals surface area contributed by atoms with Crippen molar-refractivity contribution in [2.75, 3.05) is 0 Å². The monoisotopic (exact) mass is 546 g/mol. The van der Waals surface area contributed by atoms with Gasteiger partial charge in [0.2, 0.25) is 0 Å². The minimum atomic E-state index is -2.84. The first kappa shape index (κ1) is 26.0. The van der Waals surface area contributed by atoms with Crippen LogP contribution in [0.25, 0.3) is 0 Å². The molecule has 0 saturated heterocycles. The van der Waals surface area contributed by atoms with Crippen molar-refractivity contribution in [3.8, 4) is 0 Å². The van der Waals surface area contributed by atoms with E-state index in [-0.39, 0.29) is 0 Å². The maximum Gasteiger partial charge on any atom is 0.154 e. The maximum atomic E-state index is 2.48. The molecule has 0 bridgehead atoms. The van der Waals surface area contributed by atoms with Crippen LogP contribution in [-0.4, -0.2) is 15.2 Å². The molecule has 40 heavy (non-hydrogen) atoms. The quantitative estimate of drug-likeness (QED) is 0.195. The van der Waals surface area contributed by atoms with E-state index in [1.165, 1.54) is 42.2 Å². The van der Waals surface area contributed by atoms with Gasteiger partial charge in [-0.1, -0.05) is 212 Å². The summed E-state index contributed by atoms with van der Waals surface area (Å²) in [5.41, 5.74) is 2.60. The molecule has 0 heterocycles. The third-order valence-electron chi connectivity index (χ3n) is 8.29. The Hall–Kier alpha value is -4.25. The molecule has 0 saturated carbocycles. The number of hydrogen-bond acceptors (Lipinski definition) is 0. The van der Waals surface area contributed by atoms with Crippen molar-refractivity contribution in [3.05, 3.63) is 181 Å². The second-order valence-electron chi connectivity index (χ2n) is 10.7. The molecule has 6 aromatic carbocycles. The molecule has 194 valence electrons. The van der Waals surface area contributed by atoms with Crippen molar-refractivity contribution in [2.24, 2.45) is 0 Å². The molecule has 0 aromatic heterocycles. The fraction of sp³-hybridized carbons (Fsp3) is 0.0526. The van der Waals surface area contributed by atoms with Gasteiger partial charge in [-0.2, -0.15) is 0 Å². The molecular weight excluding hydrogens is 513 g/mol. The highest BCUT2D eigenvalue weighted by molar-refractivity contribution is 7.67. The molecule has 2 heteroatoms. The smallest absolute Gasteiger partial charge is 0.0624 e. The van der Waals surface area contributed by atoms with Gasteiger partial charge in [0.1, 0.15) is 0 Å². The number of hydrogen-bond donors (Lipinski definition) is 0. The molecule has 0 aliphatic rings. The summed E-state index contributed by atoms with van der Waals surface area (Å²) in [6, 6.07) is 64.6. The molecule has 6 aromatic rings. The molecule has 0 aliphatic carbocycles. The first-order valence-corrected chi connectivity index (χ1v) is 19.0. The molecule has 6 rings (SSSR count). The summed E-state index contributed by atoms with van der Waals surface area (Å²) >= 11 is 0. The Morgan fingerprint density at radius 3 is 0.775 bits per heavy atom. The Morgan fingerprint density at radius 2 is 0.525 bits per heavy atom. The number of aryl methyl sites for hydroxylation is 2. The van der Waals surface area contributed by atoms with E-state index >= 15 is 0 Å². The largest absolute Gasteiger partial charge is 0.154 e. The lowest BCUT2D eigenvalue weighted by Crippen LogP contribution is -2.94. The summed E-state index contributed by atoms with van der Waals surface area (Å²) in [7, 11) is -5.68. The molecule has 0 unspecified atom stereocenters. The lowest BCUT2D eigenvalue weighted by Gasteiger charge is -2.50. The van der Waals surface area contributed by atoms with Crippen LogP contribution in [0.15, 0.2) is 170 Å². The molecule has 0 atom stereocenters. The first-order chi connectivity index (χ1) is 19.7. The van der Waals surface area contributed by atoms with Crippen LogP contribution in [0.5, 0.6) is 0 Å². The van der Waals surface area contributed by atoms with Crippen LogP contribution >= 0.6 is 0 Å². The second-order valence-corrected chi connectivity index (χ2v) is 21.7. The predicted molar refractivity (Wildman–Crippen MR) is 177 cm³/mol. The maximum absolute atomic E-state index is 2.84. The van der Waals surface area contributed by atoms with E-state index < -0.39 is 15.2 Å². The fourth-order valence-electron chi connectivity index (χ4n) is 6.81. The van der Waals surface area contributed by atoms with Crippen molar-refractivity contribution in [1.82, 2.24) is 0 Å². The van der Waals surface area contributed by atoms with Crippen LogP contribution in [0.4, 0.5) is 0 Å². The van der Waals surface area contributed by atoms with Crippen LogP contribution in [0.3, 0.4) is 0 Å². The lowest BCUT2D eigenvalue weighted by molar-refractivity contribution is 1.48. The Balaban J connectivity index is 1.95. The summed E-state index contributed by atoms with van der Waals surface area (Å²) in [5.74, 6) is 0. The normalized spacial score (nSPS) is 11.8. The van der Waals surface area contributed by atoms with Crippen molar-refractivity contribution in [2.45, 2.75) is 13.8 Å². The zero-order valence-corrected chi connectivity index (χ0v) is 25.2. The van der Waals surface area contributed by atoms with E-state index in [4.69, 9.17) is 0 Å². The molecule has 0 N–H and O–H groups in total. The SMILES string of the molecule is Cc1cccc([Si](c2ccccc2)(c2ccccc2)[Si](c2ccccc2)(c2ccccc2)c2cccc(C)c2)c1. The third kappa shape index (κ3) is 4.21. The average molecular weight is 547 g/mol. The van der Waals surface area contributed by atoms with Crippen LogP contribution in [0.2, 0.25) is 0 Å². The van der Waals surface area contributed by atoms with Crippen LogP contribution in [-0.2, 0) is 0 Å². The summed E-state index contributed by atoms with van der Waals surface area (Å²) < 4.78 is 0. The van der Waals surface area contributed by atoms with Crippen molar-refractivity contribution in [3.63, 3.8) is 0 Å². The van der Waals surface area contributed by atoms with Crippen molar-refractivity contribution >= 4 is 46.3 Å². The molecule has 0 radical (unpaired) electrons. The van der Waals surface area contributed by atoms with E-state index in [0.717, 1.165) is 0 Å². The van der Waals surface area contributed by atoms with Gasteiger partial charge in [0.05, 0.1) is 0 Å². The number of benzene rings is 6. The van der Waals surface area contributed by atoms with Gasteiger partial charge in [-0.15, -0.1) is 0 Å². The molecule has 0 amide bonds. The fourth-order valence-corrected chi connectivity index (χ4v) is 26.5. The van der Waals surface area contributed by atoms with E-state index in [1.807, 2.05) is 0 Å². The molecule has 0 spiro atoms. The van der Waals surface area contributed by atoms with Crippen LogP contribution in [0.1, 0.15) is 11.1 Å². The summed E-state index contributed by atoms with van der Waals surface area (Å²) in [6.45, 7) is 4.47. The van der Waals surface area contributed by atoms with Gasteiger partial charge in [0, 0.05) is 0 Å². The summed E-state index contributed by atoms with van der Waals surface area (Å²) in [4.78, 5) is 0. The van der Waals surface area contributed by atoms with Gasteiger partial charge in [-0.25, -0.2) is 0 Å². The predicted octanol–water partition coefficient (Wildman–Crippen LogP) is 5.02. The minimum Gasteiger partial charge on any atom is -0.0624 e. The topological polar surface area (TPSA) is 0 Å². The van der Waals surface area contributed by atoms with Crippen molar-refractivity contribution < 1.29 is 0 Å². The lowest BCUT2D eigenvalue weighted by atomic mass is 10.2. The minimum absolute atomic E-state index is 1.30. The Labute approximate surface area is 240 Å². The first-order valence-electron chi connectivity index (χ1n) is 14.0. The standard InChI is InChI=1S/C38H34Si2/c1-31-17-15-27-37(29-31)39(33-19-7-3-8-20-33,34-21-9-4-10-22-34)40(35-23-11-5-12-24-35,36-25-13-6-14-26-36)38-28-16-18-32(2)30-38/h3-30H,1-2H3. The van der Waals surface area contributed by atoms with E-state index in [2.05, 4.69) is 184 Å². The number of rotatable bonds is 7. The molecular formula is C38H34Si2.